The number of anilines is 1. The number of rotatable bonds is 6. The van der Waals surface area contributed by atoms with Crippen LogP contribution < -0.4 is 25.5 Å². The number of methoxy groups -OCH3 is 1. The summed E-state index contributed by atoms with van der Waals surface area (Å²) in [6, 6.07) is 0.792. The fourth-order valence-corrected chi connectivity index (χ4v) is 3.79. The van der Waals surface area contributed by atoms with Crippen LogP contribution in [0.25, 0.3) is 10.9 Å². The van der Waals surface area contributed by atoms with E-state index >= 15 is 4.39 Å². The van der Waals surface area contributed by atoms with Crippen LogP contribution in [0, 0.1) is 11.7 Å². The lowest BCUT2D eigenvalue weighted by atomic mass is 9.95. The molecule has 0 radical (unpaired) electrons. The zero-order chi connectivity index (χ0) is 22.9. The zero-order valence-corrected chi connectivity index (χ0v) is 16.4. The first-order valence-corrected chi connectivity index (χ1v) is 9.22. The maximum atomic E-state index is 15.1. The van der Waals surface area contributed by atoms with Crippen LogP contribution >= 0.6 is 0 Å². The Bertz CT molecular complexity index is 1080. The van der Waals surface area contributed by atoms with Crippen LogP contribution in [0.5, 0.6) is 11.5 Å². The van der Waals surface area contributed by atoms with Gasteiger partial charge >= 0.3 is 6.18 Å². The number of halogens is 4. The summed E-state index contributed by atoms with van der Waals surface area (Å²) >= 11 is 0. The number of nitrogens with zero attached hydrogens (tertiary/aromatic N) is 2. The van der Waals surface area contributed by atoms with Crippen molar-refractivity contribution in [1.82, 2.24) is 4.57 Å². The number of pyridine rings is 1. The minimum absolute atomic E-state index is 0.106. The molecule has 1 aromatic carbocycles. The van der Waals surface area contributed by atoms with Gasteiger partial charge in [-0.1, -0.05) is 0 Å². The van der Waals surface area contributed by atoms with Gasteiger partial charge < -0.3 is 24.7 Å². The van der Waals surface area contributed by atoms with E-state index in [0.717, 1.165) is 19.4 Å². The van der Waals surface area contributed by atoms with Gasteiger partial charge in [0.25, 0.3) is 6.47 Å². The Morgan fingerprint density at radius 3 is 2.48 bits per heavy atom. The number of piperidine rings is 1. The Hall–Kier alpha value is -3.31. The zero-order valence-electron chi connectivity index (χ0n) is 16.4. The van der Waals surface area contributed by atoms with Gasteiger partial charge in [0, 0.05) is 19.0 Å². The molecule has 0 aliphatic carbocycles. The molecule has 0 spiro atoms. The average Bonchev–Trinajstić information content (AvgIpc) is 2.69. The van der Waals surface area contributed by atoms with Gasteiger partial charge in [-0.05, 0) is 18.9 Å². The van der Waals surface area contributed by atoms with Crippen molar-refractivity contribution < 1.29 is 36.6 Å². The molecule has 1 amide bonds. The van der Waals surface area contributed by atoms with Crippen molar-refractivity contribution in [2.45, 2.75) is 25.6 Å². The number of carbonyl (C=O) groups excluding carboxylic acids is 2. The van der Waals surface area contributed by atoms with E-state index in [0.29, 0.717) is 17.4 Å². The molecule has 2 N–H and O–H groups in total. The molecule has 2 aromatic rings. The Balaban J connectivity index is 2.24. The molecule has 0 saturated carbocycles. The van der Waals surface area contributed by atoms with Gasteiger partial charge in [0.05, 0.1) is 24.2 Å². The number of hydrogen-bond donors (Lipinski definition) is 1. The molecule has 0 unspecified atom stereocenters. The largest absolute Gasteiger partial charge is 0.492 e. The van der Waals surface area contributed by atoms with E-state index in [-0.39, 0.29) is 36.5 Å². The van der Waals surface area contributed by atoms with E-state index < -0.39 is 46.9 Å². The number of hydrogen-bond acceptors (Lipinski definition) is 6. The van der Waals surface area contributed by atoms with E-state index in [1.807, 2.05) is 0 Å². The fourth-order valence-electron chi connectivity index (χ4n) is 3.79. The van der Waals surface area contributed by atoms with Gasteiger partial charge in [-0.25, -0.2) is 4.39 Å². The molecule has 12 heteroatoms. The molecule has 1 saturated heterocycles. The first-order chi connectivity index (χ1) is 14.6. The quantitative estimate of drug-likeness (QED) is 0.539. The molecule has 1 aliphatic heterocycles. The van der Waals surface area contributed by atoms with E-state index in [9.17, 15) is 27.6 Å². The lowest BCUT2D eigenvalue weighted by Gasteiger charge is -2.34. The minimum atomic E-state index is -4.69. The Kier molecular flexibility index (Phi) is 6.09. The molecular formula is C19H19F4N3O5. The standard InChI is InChI=1S/C19H19F4N3O5/c1-30-17-14-11(16(28)13(31-9-27)7-26(14)8-19(21,22)23)6-12(20)15(17)25-4-2-10(3-5-25)18(24)29/h6-7,9-10H,2-5,8H2,1H3,(H2,24,29). The summed E-state index contributed by atoms with van der Waals surface area (Å²) in [5.41, 5.74) is 3.92. The summed E-state index contributed by atoms with van der Waals surface area (Å²) in [7, 11) is 1.14. The number of nitrogens with two attached hydrogens (primary N) is 1. The summed E-state index contributed by atoms with van der Waals surface area (Å²) in [5.74, 6) is -2.72. The number of ether oxygens (including phenoxy) is 2. The molecule has 168 valence electrons. The summed E-state index contributed by atoms with van der Waals surface area (Å²) in [5, 5.41) is -0.436. The van der Waals surface area contributed by atoms with Crippen molar-refractivity contribution >= 4 is 29.0 Å². The van der Waals surface area contributed by atoms with Crippen molar-refractivity contribution in [2.24, 2.45) is 11.7 Å². The second kappa shape index (κ2) is 8.44. The van der Waals surface area contributed by atoms with Crippen molar-refractivity contribution in [1.29, 1.82) is 0 Å². The second-order valence-corrected chi connectivity index (χ2v) is 7.08. The normalized spacial score (nSPS) is 15.2. The maximum absolute atomic E-state index is 15.1. The number of benzene rings is 1. The van der Waals surface area contributed by atoms with Gasteiger partial charge in [0.2, 0.25) is 11.3 Å². The summed E-state index contributed by atoms with van der Waals surface area (Å²) in [6.45, 7) is -1.22. The molecule has 1 aromatic heterocycles. The van der Waals surface area contributed by atoms with Crippen molar-refractivity contribution in [3.05, 3.63) is 28.3 Å². The van der Waals surface area contributed by atoms with Crippen LogP contribution in [-0.2, 0) is 16.1 Å². The fraction of sp³-hybridized carbons (Fsp3) is 0.421. The maximum Gasteiger partial charge on any atom is 0.406 e. The van der Waals surface area contributed by atoms with Crippen LogP contribution in [0.4, 0.5) is 23.2 Å². The van der Waals surface area contributed by atoms with Gasteiger partial charge in [-0.15, -0.1) is 0 Å². The molecule has 8 nitrogen and oxygen atoms in total. The highest BCUT2D eigenvalue weighted by atomic mass is 19.4. The highest BCUT2D eigenvalue weighted by Gasteiger charge is 2.33. The summed E-state index contributed by atoms with van der Waals surface area (Å²) in [6.07, 6.45) is -3.30. The van der Waals surface area contributed by atoms with Gasteiger partial charge in [0.15, 0.2) is 17.3 Å². The van der Waals surface area contributed by atoms with Crippen molar-refractivity contribution in [3.8, 4) is 11.5 Å². The Morgan fingerprint density at radius 2 is 1.97 bits per heavy atom. The van der Waals surface area contributed by atoms with E-state index in [2.05, 4.69) is 4.74 Å². The predicted octanol–water partition coefficient (Wildman–Crippen LogP) is 1.95. The number of primary amides is 1. The van der Waals surface area contributed by atoms with Gasteiger partial charge in [0.1, 0.15) is 12.2 Å². The number of amides is 1. The van der Waals surface area contributed by atoms with Crippen LogP contribution in [0.2, 0.25) is 0 Å². The van der Waals surface area contributed by atoms with Gasteiger partial charge in [-0.3, -0.25) is 14.4 Å². The number of alkyl halides is 3. The molecule has 3 rings (SSSR count). The SMILES string of the molecule is COc1c(N2CCC(C(N)=O)CC2)c(F)cc2c(=O)c(OC=O)cn(CC(F)(F)F)c12. The molecule has 2 heterocycles. The number of aromatic nitrogens is 1. The predicted molar refractivity (Wildman–Crippen MR) is 102 cm³/mol. The molecule has 1 aliphatic rings. The van der Waals surface area contributed by atoms with E-state index in [4.69, 9.17) is 10.5 Å². The number of carbonyl (C=O) groups is 2. The average molecular weight is 445 g/mol. The Labute approximate surface area is 173 Å². The van der Waals surface area contributed by atoms with Crippen LogP contribution in [0.15, 0.2) is 17.1 Å². The van der Waals surface area contributed by atoms with Crippen LogP contribution in [-0.4, -0.2) is 43.3 Å². The monoisotopic (exact) mass is 445 g/mol. The highest BCUT2D eigenvalue weighted by molar-refractivity contribution is 5.92. The van der Waals surface area contributed by atoms with Crippen molar-refractivity contribution in [3.63, 3.8) is 0 Å². The third-order valence-corrected chi connectivity index (χ3v) is 5.15. The third kappa shape index (κ3) is 4.42. The minimum Gasteiger partial charge on any atom is -0.492 e. The smallest absolute Gasteiger partial charge is 0.406 e. The van der Waals surface area contributed by atoms with Gasteiger partial charge in [-0.2, -0.15) is 13.2 Å². The first kappa shape index (κ1) is 22.4. The Morgan fingerprint density at radius 1 is 1.32 bits per heavy atom. The molecular weight excluding hydrogens is 426 g/mol. The van der Waals surface area contributed by atoms with E-state index in [1.54, 1.807) is 0 Å². The number of fused-ring (bicyclic) bond motifs is 1. The second-order valence-electron chi connectivity index (χ2n) is 7.08. The first-order valence-electron chi connectivity index (χ1n) is 9.22. The van der Waals surface area contributed by atoms with Crippen LogP contribution in [0.3, 0.4) is 0 Å². The molecule has 0 atom stereocenters. The molecule has 0 bridgehead atoms. The highest BCUT2D eigenvalue weighted by Crippen LogP contribution is 2.40. The van der Waals surface area contributed by atoms with Crippen molar-refractivity contribution in [2.75, 3.05) is 25.1 Å². The third-order valence-electron chi connectivity index (χ3n) is 5.15. The molecule has 1 fully saturated rings. The molecule has 31 heavy (non-hydrogen) atoms. The topological polar surface area (TPSA) is 104 Å². The summed E-state index contributed by atoms with van der Waals surface area (Å²) in [4.78, 5) is 36.2. The lowest BCUT2D eigenvalue weighted by Crippen LogP contribution is -2.39. The van der Waals surface area contributed by atoms with Crippen LogP contribution in [0.1, 0.15) is 12.8 Å². The summed E-state index contributed by atoms with van der Waals surface area (Å²) < 4.78 is 65.1. The lowest BCUT2D eigenvalue weighted by molar-refractivity contribution is -0.140. The van der Waals surface area contributed by atoms with E-state index in [1.165, 1.54) is 4.90 Å².